The number of carboxylic acid groups (broad SMARTS) is 1. The first-order chi connectivity index (χ1) is 13.5. The van der Waals surface area contributed by atoms with Crippen LogP contribution in [-0.4, -0.2) is 20.6 Å². The smallest absolute Gasteiger partial charge is 0.331 e. The third kappa shape index (κ3) is 3.01. The van der Waals surface area contributed by atoms with E-state index in [-0.39, 0.29) is 5.56 Å². The van der Waals surface area contributed by atoms with E-state index in [0.29, 0.717) is 15.8 Å². The second-order valence-electron chi connectivity index (χ2n) is 6.74. The Morgan fingerprint density at radius 3 is 2.54 bits per heavy atom. The number of hydrogen-bond donors (Lipinski definition) is 1. The Morgan fingerprint density at radius 1 is 1.11 bits per heavy atom. The molecule has 0 fully saturated rings. The standard InChI is InChI=1S/C22H18N2O3S/c1-13-8-9-16(10-14(13)2)17-11-28-20-18(17)21(25)24(12-23-20)19(22(26)27)15-6-4-3-5-7-15/h3-12,19H,1-2H3,(H,26,27). The predicted molar refractivity (Wildman–Crippen MR) is 111 cm³/mol. The summed E-state index contributed by atoms with van der Waals surface area (Å²) >= 11 is 1.39. The lowest BCUT2D eigenvalue weighted by Crippen LogP contribution is -2.30. The molecule has 2 aromatic heterocycles. The van der Waals surface area contributed by atoms with Gasteiger partial charge in [0, 0.05) is 10.9 Å². The van der Waals surface area contributed by atoms with Gasteiger partial charge in [-0.15, -0.1) is 11.3 Å². The maximum absolute atomic E-state index is 13.3. The fourth-order valence-electron chi connectivity index (χ4n) is 3.31. The van der Waals surface area contributed by atoms with Crippen molar-refractivity contribution >= 4 is 27.5 Å². The Hall–Kier alpha value is -3.25. The summed E-state index contributed by atoms with van der Waals surface area (Å²) in [4.78, 5) is 30.3. The van der Waals surface area contributed by atoms with E-state index >= 15 is 0 Å². The molecule has 0 aliphatic carbocycles. The normalized spacial score (nSPS) is 12.2. The van der Waals surface area contributed by atoms with Crippen molar-refractivity contribution in [3.63, 3.8) is 0 Å². The number of benzene rings is 2. The van der Waals surface area contributed by atoms with Crippen molar-refractivity contribution in [3.8, 4) is 11.1 Å². The lowest BCUT2D eigenvalue weighted by atomic mass is 10.0. The largest absolute Gasteiger partial charge is 0.479 e. The number of carboxylic acids is 1. The molecule has 2 aromatic carbocycles. The molecule has 4 rings (SSSR count). The van der Waals surface area contributed by atoms with Crippen molar-refractivity contribution in [2.75, 3.05) is 0 Å². The van der Waals surface area contributed by atoms with Gasteiger partial charge in [-0.05, 0) is 36.1 Å². The molecule has 6 heteroatoms. The summed E-state index contributed by atoms with van der Waals surface area (Å²) in [6.45, 7) is 4.07. The highest BCUT2D eigenvalue weighted by Crippen LogP contribution is 2.32. The zero-order valence-electron chi connectivity index (χ0n) is 15.4. The van der Waals surface area contributed by atoms with Crippen molar-refractivity contribution in [1.82, 2.24) is 9.55 Å². The van der Waals surface area contributed by atoms with E-state index in [0.717, 1.165) is 16.7 Å². The Labute approximate surface area is 165 Å². The van der Waals surface area contributed by atoms with Crippen LogP contribution in [0.15, 0.2) is 65.0 Å². The lowest BCUT2D eigenvalue weighted by molar-refractivity contribution is -0.139. The van der Waals surface area contributed by atoms with E-state index in [9.17, 15) is 14.7 Å². The molecule has 0 bridgehead atoms. The number of rotatable bonds is 4. The molecule has 0 saturated carbocycles. The molecule has 0 saturated heterocycles. The second kappa shape index (κ2) is 7.05. The van der Waals surface area contributed by atoms with Crippen LogP contribution in [0.25, 0.3) is 21.3 Å². The van der Waals surface area contributed by atoms with Gasteiger partial charge in [-0.2, -0.15) is 0 Å². The quantitative estimate of drug-likeness (QED) is 0.560. The highest BCUT2D eigenvalue weighted by molar-refractivity contribution is 7.17. The van der Waals surface area contributed by atoms with Crippen LogP contribution in [0, 0.1) is 13.8 Å². The fraction of sp³-hybridized carbons (Fsp3) is 0.136. The van der Waals surface area contributed by atoms with E-state index in [1.165, 1.54) is 27.8 Å². The van der Waals surface area contributed by atoms with Gasteiger partial charge in [0.1, 0.15) is 11.2 Å². The molecule has 1 N–H and O–H groups in total. The molecule has 0 amide bonds. The molecule has 4 aromatic rings. The maximum Gasteiger partial charge on any atom is 0.331 e. The van der Waals surface area contributed by atoms with Crippen LogP contribution in [0.4, 0.5) is 0 Å². The third-order valence-corrected chi connectivity index (χ3v) is 5.85. The van der Waals surface area contributed by atoms with Crippen molar-refractivity contribution < 1.29 is 9.90 Å². The van der Waals surface area contributed by atoms with E-state index in [2.05, 4.69) is 4.98 Å². The molecule has 0 aliphatic heterocycles. The summed E-state index contributed by atoms with van der Waals surface area (Å²) < 4.78 is 1.21. The van der Waals surface area contributed by atoms with Gasteiger partial charge in [0.25, 0.3) is 5.56 Å². The van der Waals surface area contributed by atoms with Gasteiger partial charge in [0.05, 0.1) is 5.39 Å². The topological polar surface area (TPSA) is 72.2 Å². The van der Waals surface area contributed by atoms with Crippen LogP contribution in [0.3, 0.4) is 0 Å². The first-order valence-corrected chi connectivity index (χ1v) is 9.69. The minimum Gasteiger partial charge on any atom is -0.479 e. The minimum absolute atomic E-state index is 0.351. The first-order valence-electron chi connectivity index (χ1n) is 8.81. The molecule has 0 radical (unpaired) electrons. The number of fused-ring (bicyclic) bond motifs is 1. The van der Waals surface area contributed by atoms with Crippen molar-refractivity contribution in [1.29, 1.82) is 0 Å². The molecule has 2 heterocycles. The Kier molecular flexibility index (Phi) is 4.57. The number of aliphatic carboxylic acids is 1. The van der Waals surface area contributed by atoms with Crippen molar-refractivity contribution in [2.24, 2.45) is 0 Å². The van der Waals surface area contributed by atoms with Crippen LogP contribution in [0.5, 0.6) is 0 Å². The van der Waals surface area contributed by atoms with Gasteiger partial charge in [0.15, 0.2) is 6.04 Å². The summed E-state index contributed by atoms with van der Waals surface area (Å²) in [5, 5.41) is 12.2. The average Bonchev–Trinajstić information content (AvgIpc) is 3.12. The Bertz CT molecular complexity index is 1240. The van der Waals surface area contributed by atoms with Crippen LogP contribution >= 0.6 is 11.3 Å². The van der Waals surface area contributed by atoms with Gasteiger partial charge < -0.3 is 5.11 Å². The molecule has 5 nitrogen and oxygen atoms in total. The molecule has 28 heavy (non-hydrogen) atoms. The maximum atomic E-state index is 13.3. The molecule has 1 unspecified atom stereocenters. The number of thiophene rings is 1. The zero-order chi connectivity index (χ0) is 19.8. The van der Waals surface area contributed by atoms with Gasteiger partial charge in [-0.25, -0.2) is 9.78 Å². The van der Waals surface area contributed by atoms with Crippen molar-refractivity contribution in [3.05, 3.63) is 87.3 Å². The average molecular weight is 390 g/mol. The summed E-state index contributed by atoms with van der Waals surface area (Å²) in [6.07, 6.45) is 1.33. The summed E-state index contributed by atoms with van der Waals surface area (Å²) in [5.74, 6) is -1.10. The first kappa shape index (κ1) is 18.1. The van der Waals surface area contributed by atoms with Crippen molar-refractivity contribution in [2.45, 2.75) is 19.9 Å². The zero-order valence-corrected chi connectivity index (χ0v) is 16.2. The Morgan fingerprint density at radius 2 is 1.86 bits per heavy atom. The molecule has 0 spiro atoms. The van der Waals surface area contributed by atoms with Crippen LogP contribution < -0.4 is 5.56 Å². The van der Waals surface area contributed by atoms with Gasteiger partial charge >= 0.3 is 5.97 Å². The third-order valence-electron chi connectivity index (χ3n) is 4.96. The molecular formula is C22H18N2O3S. The van der Waals surface area contributed by atoms with E-state index in [1.54, 1.807) is 24.3 Å². The highest BCUT2D eigenvalue weighted by atomic mass is 32.1. The van der Waals surface area contributed by atoms with E-state index < -0.39 is 12.0 Å². The number of nitrogens with zero attached hydrogens (tertiary/aromatic N) is 2. The number of hydrogen-bond acceptors (Lipinski definition) is 4. The van der Waals surface area contributed by atoms with E-state index in [1.807, 2.05) is 43.5 Å². The molecule has 0 aliphatic rings. The molecule has 1 atom stereocenters. The minimum atomic E-state index is -1.13. The molecular weight excluding hydrogens is 372 g/mol. The summed E-state index contributed by atoms with van der Waals surface area (Å²) in [6, 6.07) is 13.6. The van der Waals surface area contributed by atoms with E-state index in [4.69, 9.17) is 0 Å². The van der Waals surface area contributed by atoms with Gasteiger partial charge in [-0.3, -0.25) is 9.36 Å². The van der Waals surface area contributed by atoms with Gasteiger partial charge in [0.2, 0.25) is 0 Å². The lowest BCUT2D eigenvalue weighted by Gasteiger charge is -2.16. The van der Waals surface area contributed by atoms with Crippen LogP contribution in [-0.2, 0) is 4.79 Å². The summed E-state index contributed by atoms with van der Waals surface area (Å²) in [5.41, 5.74) is 4.20. The summed E-state index contributed by atoms with van der Waals surface area (Å²) in [7, 11) is 0. The van der Waals surface area contributed by atoms with Crippen LogP contribution in [0.2, 0.25) is 0 Å². The SMILES string of the molecule is Cc1ccc(-c2csc3ncn(C(C(=O)O)c4ccccc4)c(=O)c23)cc1C. The molecule has 140 valence electrons. The number of aryl methyl sites for hydroxylation is 2. The second-order valence-corrected chi connectivity index (χ2v) is 7.60. The predicted octanol–water partition coefficient (Wildman–Crippen LogP) is 4.42. The van der Waals surface area contributed by atoms with Gasteiger partial charge in [-0.1, -0.05) is 48.5 Å². The van der Waals surface area contributed by atoms with Crippen LogP contribution in [0.1, 0.15) is 22.7 Å². The fourth-order valence-corrected chi connectivity index (χ4v) is 4.21. The highest BCUT2D eigenvalue weighted by Gasteiger charge is 2.25. The number of aromatic nitrogens is 2. The Balaban J connectivity index is 1.95. The monoisotopic (exact) mass is 390 g/mol. The number of carbonyl (C=O) groups is 1.